The Bertz CT molecular complexity index is 766. The lowest BCUT2D eigenvalue weighted by molar-refractivity contribution is -0.122. The minimum atomic E-state index is -0.574. The molecule has 1 aromatic heterocycles. The number of benzene rings is 1. The normalized spacial score (nSPS) is 15.9. The van der Waals surface area contributed by atoms with Gasteiger partial charge in [0.15, 0.2) is 0 Å². The number of halogens is 2. The highest BCUT2D eigenvalue weighted by molar-refractivity contribution is 5.92. The molecular formula is C18H19F2N3O3. The molecule has 1 unspecified atom stereocenters. The molecule has 3 N–H and O–H groups in total. The third-order valence-electron chi connectivity index (χ3n) is 4.01. The van der Waals surface area contributed by atoms with E-state index in [1.807, 2.05) is 0 Å². The van der Waals surface area contributed by atoms with E-state index < -0.39 is 11.6 Å². The molecule has 1 aliphatic heterocycles. The van der Waals surface area contributed by atoms with Crippen LogP contribution in [0.4, 0.5) is 14.6 Å². The van der Waals surface area contributed by atoms with Gasteiger partial charge in [0.05, 0.1) is 0 Å². The molecule has 6 nitrogen and oxygen atoms in total. The number of amides is 1. The van der Waals surface area contributed by atoms with Crippen molar-refractivity contribution < 1.29 is 23.5 Å². The lowest BCUT2D eigenvalue weighted by Gasteiger charge is -2.16. The molecule has 0 bridgehead atoms. The maximum absolute atomic E-state index is 13.2. The molecule has 0 spiro atoms. The van der Waals surface area contributed by atoms with Crippen LogP contribution in [0.3, 0.4) is 0 Å². The lowest BCUT2D eigenvalue weighted by Crippen LogP contribution is -2.29. The molecule has 0 aliphatic carbocycles. The van der Waals surface area contributed by atoms with Gasteiger partial charge in [-0.15, -0.1) is 0 Å². The first-order chi connectivity index (χ1) is 12.4. The molecule has 1 amide bonds. The van der Waals surface area contributed by atoms with E-state index in [1.54, 1.807) is 23.1 Å². The SMILES string of the molecule is Nc1cccc(C(=O)N2CCC(Cc3cc(F)cc(F)c3)C2)n1.O=CO. The number of nitrogen functional groups attached to an aromatic ring is 1. The quantitative estimate of drug-likeness (QED) is 0.816. The third-order valence-corrected chi connectivity index (χ3v) is 4.01. The number of carbonyl (C=O) groups excluding carboxylic acids is 1. The van der Waals surface area contributed by atoms with Crippen molar-refractivity contribution in [3.8, 4) is 0 Å². The molecule has 1 saturated heterocycles. The van der Waals surface area contributed by atoms with Gasteiger partial charge in [-0.3, -0.25) is 9.59 Å². The highest BCUT2D eigenvalue weighted by atomic mass is 19.1. The first kappa shape index (κ1) is 19.3. The van der Waals surface area contributed by atoms with Crippen LogP contribution >= 0.6 is 0 Å². The first-order valence-electron chi connectivity index (χ1n) is 7.97. The van der Waals surface area contributed by atoms with Crippen LogP contribution in [-0.2, 0) is 11.2 Å². The van der Waals surface area contributed by atoms with Crippen LogP contribution in [-0.4, -0.2) is 40.5 Å². The second kappa shape index (κ2) is 8.89. The molecule has 138 valence electrons. The van der Waals surface area contributed by atoms with Gasteiger partial charge in [-0.05, 0) is 48.6 Å². The fourth-order valence-electron chi connectivity index (χ4n) is 2.98. The molecule has 0 radical (unpaired) electrons. The smallest absolute Gasteiger partial charge is 0.290 e. The Morgan fingerprint density at radius 3 is 2.58 bits per heavy atom. The van der Waals surface area contributed by atoms with Gasteiger partial charge >= 0.3 is 0 Å². The largest absolute Gasteiger partial charge is 0.483 e. The average Bonchev–Trinajstić information content (AvgIpc) is 3.02. The highest BCUT2D eigenvalue weighted by Gasteiger charge is 2.27. The molecule has 1 aliphatic rings. The molecule has 1 fully saturated rings. The minimum Gasteiger partial charge on any atom is -0.483 e. The van der Waals surface area contributed by atoms with E-state index in [0.717, 1.165) is 12.5 Å². The van der Waals surface area contributed by atoms with Crippen LogP contribution in [0.15, 0.2) is 36.4 Å². The zero-order valence-electron chi connectivity index (χ0n) is 13.9. The number of rotatable bonds is 3. The highest BCUT2D eigenvalue weighted by Crippen LogP contribution is 2.23. The zero-order chi connectivity index (χ0) is 19.1. The van der Waals surface area contributed by atoms with Crippen LogP contribution in [0.5, 0.6) is 0 Å². The van der Waals surface area contributed by atoms with Crippen molar-refractivity contribution in [1.82, 2.24) is 9.88 Å². The minimum absolute atomic E-state index is 0.162. The van der Waals surface area contributed by atoms with Crippen LogP contribution in [0.2, 0.25) is 0 Å². The summed E-state index contributed by atoms with van der Waals surface area (Å²) in [6.45, 7) is 0.908. The standard InChI is InChI=1S/C17H17F2N3O.CH2O2/c18-13-7-12(8-14(19)9-13)6-11-4-5-22(10-11)17(23)15-2-1-3-16(20)21-15;2-1-3/h1-3,7-9,11H,4-6,10H2,(H2,20,21);1H,(H,2,3). The van der Waals surface area contributed by atoms with E-state index in [0.29, 0.717) is 36.6 Å². The van der Waals surface area contributed by atoms with Crippen molar-refractivity contribution in [2.45, 2.75) is 12.8 Å². The van der Waals surface area contributed by atoms with Crippen molar-refractivity contribution in [2.75, 3.05) is 18.8 Å². The number of aromatic nitrogens is 1. The van der Waals surface area contributed by atoms with E-state index in [4.69, 9.17) is 15.6 Å². The predicted molar refractivity (Wildman–Crippen MR) is 91.4 cm³/mol. The van der Waals surface area contributed by atoms with Gasteiger partial charge in [0.2, 0.25) is 0 Å². The Balaban J connectivity index is 0.000000758. The number of hydrogen-bond acceptors (Lipinski definition) is 4. The lowest BCUT2D eigenvalue weighted by atomic mass is 9.98. The van der Waals surface area contributed by atoms with Gasteiger partial charge in [0.25, 0.3) is 12.4 Å². The summed E-state index contributed by atoms with van der Waals surface area (Å²) in [6.07, 6.45) is 1.34. The second-order valence-corrected chi connectivity index (χ2v) is 5.94. The van der Waals surface area contributed by atoms with Gasteiger partial charge in [0, 0.05) is 19.2 Å². The Morgan fingerprint density at radius 2 is 1.96 bits per heavy atom. The van der Waals surface area contributed by atoms with E-state index >= 15 is 0 Å². The molecule has 2 aromatic rings. The maximum Gasteiger partial charge on any atom is 0.290 e. The number of pyridine rings is 1. The van der Waals surface area contributed by atoms with Crippen molar-refractivity contribution >= 4 is 18.2 Å². The summed E-state index contributed by atoms with van der Waals surface area (Å²) in [5, 5.41) is 6.89. The number of nitrogens with zero attached hydrogens (tertiary/aromatic N) is 2. The summed E-state index contributed by atoms with van der Waals surface area (Å²) >= 11 is 0. The van der Waals surface area contributed by atoms with Crippen LogP contribution < -0.4 is 5.73 Å². The molecule has 0 saturated carbocycles. The number of hydrogen-bond donors (Lipinski definition) is 2. The summed E-state index contributed by atoms with van der Waals surface area (Å²) in [7, 11) is 0. The van der Waals surface area contributed by atoms with Gasteiger partial charge < -0.3 is 15.7 Å². The zero-order valence-corrected chi connectivity index (χ0v) is 13.9. The Kier molecular flexibility index (Phi) is 6.60. The van der Waals surface area contributed by atoms with Crippen LogP contribution in [0.25, 0.3) is 0 Å². The Morgan fingerprint density at radius 1 is 1.31 bits per heavy atom. The van der Waals surface area contributed by atoms with Crippen LogP contribution in [0, 0.1) is 17.6 Å². The van der Waals surface area contributed by atoms with E-state index in [-0.39, 0.29) is 18.3 Å². The third kappa shape index (κ3) is 5.23. The van der Waals surface area contributed by atoms with Crippen LogP contribution in [0.1, 0.15) is 22.5 Å². The van der Waals surface area contributed by atoms with E-state index in [9.17, 15) is 13.6 Å². The topological polar surface area (TPSA) is 96.5 Å². The number of nitrogens with two attached hydrogens (primary N) is 1. The van der Waals surface area contributed by atoms with E-state index in [1.165, 1.54) is 12.1 Å². The molecule has 2 heterocycles. The number of carboxylic acid groups (broad SMARTS) is 1. The molecule has 8 heteroatoms. The summed E-state index contributed by atoms with van der Waals surface area (Å²) in [5.74, 6) is -0.821. The van der Waals surface area contributed by atoms with Crippen molar-refractivity contribution in [2.24, 2.45) is 5.92 Å². The fourth-order valence-corrected chi connectivity index (χ4v) is 2.98. The summed E-state index contributed by atoms with van der Waals surface area (Å²) < 4.78 is 26.5. The molecule has 1 atom stereocenters. The maximum atomic E-state index is 13.2. The molecule has 26 heavy (non-hydrogen) atoms. The Hall–Kier alpha value is -3.03. The summed E-state index contributed by atoms with van der Waals surface area (Å²) in [4.78, 5) is 26.5. The average molecular weight is 363 g/mol. The first-order valence-corrected chi connectivity index (χ1v) is 7.97. The number of likely N-dealkylation sites (tertiary alicyclic amines) is 1. The number of anilines is 1. The summed E-state index contributed by atoms with van der Waals surface area (Å²) in [5.41, 5.74) is 6.54. The van der Waals surface area contributed by atoms with Gasteiger partial charge in [-0.1, -0.05) is 6.07 Å². The molecular weight excluding hydrogens is 344 g/mol. The Labute approximate surface area is 149 Å². The number of carbonyl (C=O) groups is 2. The molecule has 3 rings (SSSR count). The predicted octanol–water partition coefficient (Wildman–Crippen LogP) is 2.35. The van der Waals surface area contributed by atoms with Gasteiger partial charge in [-0.2, -0.15) is 0 Å². The van der Waals surface area contributed by atoms with Crippen molar-refractivity contribution in [1.29, 1.82) is 0 Å². The van der Waals surface area contributed by atoms with Gasteiger partial charge in [-0.25, -0.2) is 13.8 Å². The second-order valence-electron chi connectivity index (χ2n) is 5.94. The van der Waals surface area contributed by atoms with E-state index in [2.05, 4.69) is 4.98 Å². The van der Waals surface area contributed by atoms with Crippen molar-refractivity contribution in [3.63, 3.8) is 0 Å². The fraction of sp³-hybridized carbons (Fsp3) is 0.278. The van der Waals surface area contributed by atoms with Gasteiger partial charge in [0.1, 0.15) is 23.1 Å². The van der Waals surface area contributed by atoms with Crippen molar-refractivity contribution in [3.05, 3.63) is 59.3 Å². The molecule has 1 aromatic carbocycles. The summed E-state index contributed by atoms with van der Waals surface area (Å²) in [6, 6.07) is 8.49. The monoisotopic (exact) mass is 363 g/mol.